The third-order valence-electron chi connectivity index (χ3n) is 3.21. The number of aromatic nitrogens is 3. The summed E-state index contributed by atoms with van der Waals surface area (Å²) in [4.78, 5) is 0. The van der Waals surface area contributed by atoms with E-state index in [0.29, 0.717) is 22.9 Å². The smallest absolute Gasteiger partial charge is 0.216 e. The third kappa shape index (κ3) is 4.01. The monoisotopic (exact) mass is 406 g/mol. The number of H-pyrrole nitrogens is 1. The van der Waals surface area contributed by atoms with Crippen LogP contribution in [0, 0.1) is 4.77 Å². The van der Waals surface area contributed by atoms with Crippen LogP contribution in [-0.4, -0.2) is 21.1 Å². The van der Waals surface area contributed by atoms with Gasteiger partial charge in [-0.15, -0.1) is 0 Å². The van der Waals surface area contributed by atoms with E-state index in [1.165, 1.54) is 0 Å². The first-order valence-electron chi connectivity index (χ1n) is 7.33. The minimum Gasteiger partial charge on any atom is -0.486 e. The Morgan fingerprint density at radius 1 is 1.33 bits per heavy atom. The van der Waals surface area contributed by atoms with Gasteiger partial charge in [0, 0.05) is 10.9 Å². The lowest BCUT2D eigenvalue weighted by atomic mass is 10.3. The van der Waals surface area contributed by atoms with Crippen LogP contribution < -0.4 is 4.74 Å². The average molecular weight is 407 g/mol. The highest BCUT2D eigenvalue weighted by Gasteiger charge is 2.04. The Labute approximate surface area is 152 Å². The van der Waals surface area contributed by atoms with E-state index < -0.39 is 0 Å². The van der Waals surface area contributed by atoms with E-state index in [2.05, 4.69) is 31.2 Å². The highest BCUT2D eigenvalue weighted by Crippen LogP contribution is 2.18. The highest BCUT2D eigenvalue weighted by molar-refractivity contribution is 9.10. The summed E-state index contributed by atoms with van der Waals surface area (Å²) >= 11 is 8.53. The minimum absolute atomic E-state index is 0.348. The summed E-state index contributed by atoms with van der Waals surface area (Å²) in [6, 6.07) is 11.3. The molecule has 0 fully saturated rings. The van der Waals surface area contributed by atoms with Crippen molar-refractivity contribution in [2.75, 3.05) is 0 Å². The van der Waals surface area contributed by atoms with Gasteiger partial charge in [0.25, 0.3) is 0 Å². The number of aryl methyl sites for hydroxylation is 1. The van der Waals surface area contributed by atoms with Crippen LogP contribution in [-0.2, 0) is 13.0 Å². The first kappa shape index (κ1) is 16.7. The first-order valence-corrected chi connectivity index (χ1v) is 8.53. The van der Waals surface area contributed by atoms with E-state index >= 15 is 0 Å². The summed E-state index contributed by atoms with van der Waals surface area (Å²) in [5, 5.41) is 11.1. The minimum atomic E-state index is 0.348. The molecule has 2 aromatic heterocycles. The molecule has 0 atom stereocenters. The Kier molecular flexibility index (Phi) is 5.27. The predicted molar refractivity (Wildman–Crippen MR) is 97.0 cm³/mol. The topological polar surface area (TPSA) is 68.3 Å². The van der Waals surface area contributed by atoms with Crippen molar-refractivity contribution in [3.05, 3.63) is 63.0 Å². The third-order valence-corrected chi connectivity index (χ3v) is 4.00. The fraction of sp³-hybridized carbons (Fsp3) is 0.188. The molecule has 0 unspecified atom stereocenters. The Bertz CT molecular complexity index is 895. The van der Waals surface area contributed by atoms with Crippen molar-refractivity contribution < 1.29 is 9.15 Å². The number of benzene rings is 1. The van der Waals surface area contributed by atoms with Gasteiger partial charge in [-0.1, -0.05) is 22.9 Å². The number of hydrogen-bond donors (Lipinski definition) is 1. The van der Waals surface area contributed by atoms with Gasteiger partial charge in [-0.05, 0) is 48.6 Å². The molecule has 1 aromatic carbocycles. The average Bonchev–Trinajstić information content (AvgIpc) is 3.18. The van der Waals surface area contributed by atoms with Crippen LogP contribution in [0.3, 0.4) is 0 Å². The Morgan fingerprint density at radius 3 is 2.88 bits per heavy atom. The van der Waals surface area contributed by atoms with E-state index in [0.717, 1.165) is 22.5 Å². The summed E-state index contributed by atoms with van der Waals surface area (Å²) in [6.07, 6.45) is 2.34. The van der Waals surface area contributed by atoms with E-state index in [9.17, 15) is 0 Å². The number of hydrogen-bond acceptors (Lipinski definition) is 5. The second kappa shape index (κ2) is 7.59. The lowest BCUT2D eigenvalue weighted by molar-refractivity contribution is 0.270. The van der Waals surface area contributed by atoms with Gasteiger partial charge in [-0.25, -0.2) is 0 Å². The van der Waals surface area contributed by atoms with Gasteiger partial charge in [-0.3, -0.25) is 5.10 Å². The molecule has 0 spiro atoms. The molecule has 0 radical (unpaired) electrons. The zero-order chi connectivity index (χ0) is 16.9. The number of halogens is 1. The molecule has 0 aliphatic carbocycles. The van der Waals surface area contributed by atoms with Crippen molar-refractivity contribution in [2.45, 2.75) is 20.0 Å². The second-order valence-corrected chi connectivity index (χ2v) is 6.20. The zero-order valence-corrected chi connectivity index (χ0v) is 15.3. The highest BCUT2D eigenvalue weighted by atomic mass is 79.9. The number of furan rings is 1. The van der Waals surface area contributed by atoms with Crippen LogP contribution in [0.2, 0.25) is 0 Å². The molecule has 0 saturated heterocycles. The van der Waals surface area contributed by atoms with Crippen molar-refractivity contribution in [3.63, 3.8) is 0 Å². The quantitative estimate of drug-likeness (QED) is 0.488. The lowest BCUT2D eigenvalue weighted by Gasteiger charge is -2.03. The zero-order valence-electron chi connectivity index (χ0n) is 12.9. The molecule has 0 aliphatic heterocycles. The van der Waals surface area contributed by atoms with Crippen LogP contribution in [0.5, 0.6) is 5.75 Å². The predicted octanol–water partition coefficient (Wildman–Crippen LogP) is 4.32. The molecule has 124 valence electrons. The van der Waals surface area contributed by atoms with Crippen LogP contribution in [0.4, 0.5) is 0 Å². The van der Waals surface area contributed by atoms with E-state index in [-0.39, 0.29) is 0 Å². The summed E-state index contributed by atoms with van der Waals surface area (Å²) < 4.78 is 14.4. The molecule has 3 aromatic rings. The largest absolute Gasteiger partial charge is 0.486 e. The van der Waals surface area contributed by atoms with Crippen LogP contribution in [0.1, 0.15) is 24.3 Å². The molecule has 24 heavy (non-hydrogen) atoms. The van der Waals surface area contributed by atoms with Gasteiger partial charge < -0.3 is 9.15 Å². The molecular formula is C16H15BrN4O2S. The maximum Gasteiger partial charge on any atom is 0.216 e. The normalized spacial score (nSPS) is 11.2. The van der Waals surface area contributed by atoms with Gasteiger partial charge in [0.2, 0.25) is 4.77 Å². The molecular weight excluding hydrogens is 392 g/mol. The molecule has 8 heteroatoms. The molecule has 1 N–H and O–H groups in total. The molecule has 0 bridgehead atoms. The van der Waals surface area contributed by atoms with Crippen molar-refractivity contribution in [1.29, 1.82) is 0 Å². The van der Waals surface area contributed by atoms with Crippen molar-refractivity contribution >= 4 is 34.4 Å². The van der Waals surface area contributed by atoms with Gasteiger partial charge >= 0.3 is 0 Å². The number of nitrogens with zero attached hydrogens (tertiary/aromatic N) is 3. The standard InChI is InChI=1S/C16H15BrN4O2S/c1-2-15-19-20-16(24)21(15)18-9-13-7-8-14(23-13)10-22-12-5-3-11(17)4-6-12/h3-9H,2,10H2,1H3,(H,20,24)/b18-9+. The fourth-order valence-electron chi connectivity index (χ4n) is 2.01. The van der Waals surface area contributed by atoms with Gasteiger partial charge in [0.05, 0.1) is 6.21 Å². The number of ether oxygens (including phenoxy) is 1. The first-order chi connectivity index (χ1) is 11.7. The molecule has 3 rings (SSSR count). The van der Waals surface area contributed by atoms with E-state index in [4.69, 9.17) is 21.4 Å². The SMILES string of the molecule is CCc1n[nH]c(=S)n1/N=C/c1ccc(COc2ccc(Br)cc2)o1. The Balaban J connectivity index is 1.65. The molecule has 6 nitrogen and oxygen atoms in total. The molecule has 0 aliphatic rings. The number of rotatable bonds is 6. The maximum atomic E-state index is 5.68. The summed E-state index contributed by atoms with van der Waals surface area (Å²) in [6.45, 7) is 2.34. The second-order valence-electron chi connectivity index (χ2n) is 4.90. The summed E-state index contributed by atoms with van der Waals surface area (Å²) in [5.41, 5.74) is 0. The summed E-state index contributed by atoms with van der Waals surface area (Å²) in [7, 11) is 0. The molecule has 2 heterocycles. The van der Waals surface area contributed by atoms with Crippen LogP contribution in [0.15, 0.2) is 50.4 Å². The molecule has 0 amide bonds. The van der Waals surface area contributed by atoms with E-state index in [1.54, 1.807) is 10.9 Å². The maximum absolute atomic E-state index is 5.68. The van der Waals surface area contributed by atoms with Crippen molar-refractivity contribution in [3.8, 4) is 5.75 Å². The number of aromatic amines is 1. The van der Waals surface area contributed by atoms with E-state index in [1.807, 2.05) is 43.3 Å². The lowest BCUT2D eigenvalue weighted by Crippen LogP contribution is -1.97. The summed E-state index contributed by atoms with van der Waals surface area (Å²) in [5.74, 6) is 2.88. The molecule has 0 saturated carbocycles. The van der Waals surface area contributed by atoms with Gasteiger partial charge in [0.15, 0.2) is 5.82 Å². The fourth-order valence-corrected chi connectivity index (χ4v) is 2.48. The Morgan fingerprint density at radius 2 is 2.12 bits per heavy atom. The van der Waals surface area contributed by atoms with Crippen LogP contribution >= 0.6 is 28.1 Å². The van der Waals surface area contributed by atoms with Gasteiger partial charge in [0.1, 0.15) is 23.9 Å². The Hall–Kier alpha value is -2.19. The number of nitrogens with one attached hydrogen (secondary N) is 1. The van der Waals surface area contributed by atoms with Gasteiger partial charge in [-0.2, -0.15) is 14.9 Å². The van der Waals surface area contributed by atoms with Crippen molar-refractivity contribution in [2.24, 2.45) is 5.10 Å². The van der Waals surface area contributed by atoms with Crippen molar-refractivity contribution in [1.82, 2.24) is 14.9 Å². The van der Waals surface area contributed by atoms with Crippen LogP contribution in [0.25, 0.3) is 0 Å².